The van der Waals surface area contributed by atoms with Gasteiger partial charge in [0.25, 0.3) is 0 Å². The average Bonchev–Trinajstić information content (AvgIpc) is 2.03. The highest BCUT2D eigenvalue weighted by Gasteiger charge is 2.08. The molecule has 1 fully saturated rings. The summed E-state index contributed by atoms with van der Waals surface area (Å²) in [7, 11) is 0. The third-order valence-electron chi connectivity index (χ3n) is 2.02. The molecule has 0 saturated carbocycles. The lowest BCUT2D eigenvalue weighted by molar-refractivity contribution is 0.627. The van der Waals surface area contributed by atoms with E-state index in [1.807, 2.05) is 6.08 Å². The zero-order chi connectivity index (χ0) is 9.26. The van der Waals surface area contributed by atoms with Crippen molar-refractivity contribution >= 4 is 17.7 Å². The summed E-state index contributed by atoms with van der Waals surface area (Å²) in [5.41, 5.74) is 2.02. The van der Waals surface area contributed by atoms with E-state index in [1.54, 1.807) is 6.07 Å². The number of benzene rings is 1. The van der Waals surface area contributed by atoms with Crippen LogP contribution in [0, 0.1) is 5.82 Å². The predicted octanol–water partition coefficient (Wildman–Crippen LogP) is 2.47. The van der Waals surface area contributed by atoms with Gasteiger partial charge >= 0.3 is 0 Å². The van der Waals surface area contributed by atoms with E-state index in [9.17, 15) is 4.39 Å². The SMILES string of the molecule is Fc1ccc(Cl)c(C=C2CNC2)c1. The van der Waals surface area contributed by atoms with Gasteiger partial charge in [0.1, 0.15) is 5.82 Å². The minimum atomic E-state index is -0.247. The minimum Gasteiger partial charge on any atom is -0.309 e. The molecule has 1 heterocycles. The lowest BCUT2D eigenvalue weighted by atomic mass is 10.1. The predicted molar refractivity (Wildman–Crippen MR) is 52.3 cm³/mol. The number of halogens is 2. The molecule has 0 aromatic heterocycles. The Labute approximate surface area is 81.2 Å². The molecular formula is C10H9ClFN. The Morgan fingerprint density at radius 1 is 1.38 bits per heavy atom. The van der Waals surface area contributed by atoms with E-state index in [4.69, 9.17) is 11.6 Å². The smallest absolute Gasteiger partial charge is 0.123 e. The van der Waals surface area contributed by atoms with Crippen LogP contribution in [0.15, 0.2) is 23.8 Å². The fourth-order valence-electron chi connectivity index (χ4n) is 1.22. The van der Waals surface area contributed by atoms with Gasteiger partial charge in [-0.05, 0) is 29.3 Å². The number of hydrogen-bond acceptors (Lipinski definition) is 1. The summed E-state index contributed by atoms with van der Waals surface area (Å²) in [6.45, 7) is 1.76. The Morgan fingerprint density at radius 2 is 2.15 bits per heavy atom. The molecule has 1 saturated heterocycles. The largest absolute Gasteiger partial charge is 0.309 e. The molecular weight excluding hydrogens is 189 g/mol. The molecule has 1 nitrogen and oxygen atoms in total. The lowest BCUT2D eigenvalue weighted by Gasteiger charge is -2.18. The van der Waals surface area contributed by atoms with E-state index in [1.165, 1.54) is 17.7 Å². The molecule has 13 heavy (non-hydrogen) atoms. The molecule has 0 unspecified atom stereocenters. The van der Waals surface area contributed by atoms with Crippen LogP contribution in [0.3, 0.4) is 0 Å². The Balaban J connectivity index is 2.33. The van der Waals surface area contributed by atoms with Gasteiger partial charge in [0.05, 0.1) is 0 Å². The first-order valence-corrected chi connectivity index (χ1v) is 4.49. The molecule has 1 aliphatic heterocycles. The van der Waals surface area contributed by atoms with E-state index < -0.39 is 0 Å². The summed E-state index contributed by atoms with van der Waals surface area (Å²) >= 11 is 5.89. The summed E-state index contributed by atoms with van der Waals surface area (Å²) in [4.78, 5) is 0. The highest BCUT2D eigenvalue weighted by atomic mass is 35.5. The van der Waals surface area contributed by atoms with Gasteiger partial charge in [-0.15, -0.1) is 0 Å². The van der Waals surface area contributed by atoms with Crippen LogP contribution < -0.4 is 5.32 Å². The first-order valence-electron chi connectivity index (χ1n) is 4.11. The van der Waals surface area contributed by atoms with Crippen molar-refractivity contribution in [3.05, 3.63) is 40.2 Å². The highest BCUT2D eigenvalue weighted by Crippen LogP contribution is 2.20. The first-order chi connectivity index (χ1) is 6.25. The van der Waals surface area contributed by atoms with E-state index >= 15 is 0 Å². The maximum absolute atomic E-state index is 12.8. The van der Waals surface area contributed by atoms with Crippen LogP contribution in [0.5, 0.6) is 0 Å². The van der Waals surface area contributed by atoms with Crippen molar-refractivity contribution in [3.8, 4) is 0 Å². The molecule has 0 atom stereocenters. The molecule has 0 bridgehead atoms. The molecule has 0 aliphatic carbocycles. The van der Waals surface area contributed by atoms with Crippen molar-refractivity contribution in [2.75, 3.05) is 13.1 Å². The van der Waals surface area contributed by atoms with Gasteiger partial charge in [0, 0.05) is 18.1 Å². The van der Waals surface area contributed by atoms with Crippen molar-refractivity contribution < 1.29 is 4.39 Å². The van der Waals surface area contributed by atoms with Crippen LogP contribution in [0.1, 0.15) is 5.56 Å². The molecule has 0 amide bonds. The van der Waals surface area contributed by atoms with Crippen LogP contribution in [0.25, 0.3) is 6.08 Å². The van der Waals surface area contributed by atoms with E-state index in [2.05, 4.69) is 5.32 Å². The number of rotatable bonds is 1. The fraction of sp³-hybridized carbons (Fsp3) is 0.200. The van der Waals surface area contributed by atoms with Crippen LogP contribution >= 0.6 is 11.6 Å². The first kappa shape index (κ1) is 8.73. The molecule has 1 N–H and O–H groups in total. The lowest BCUT2D eigenvalue weighted by Crippen LogP contribution is -2.33. The summed E-state index contributed by atoms with van der Waals surface area (Å²) in [6.07, 6.45) is 1.93. The van der Waals surface area contributed by atoms with Crippen molar-refractivity contribution in [2.24, 2.45) is 0 Å². The Morgan fingerprint density at radius 3 is 2.77 bits per heavy atom. The third-order valence-corrected chi connectivity index (χ3v) is 2.37. The zero-order valence-corrected chi connectivity index (χ0v) is 7.74. The van der Waals surface area contributed by atoms with Crippen molar-refractivity contribution in [2.45, 2.75) is 0 Å². The molecule has 1 aromatic carbocycles. The second kappa shape index (κ2) is 3.48. The van der Waals surface area contributed by atoms with E-state index in [-0.39, 0.29) is 5.82 Å². The summed E-state index contributed by atoms with van der Waals surface area (Å²) < 4.78 is 12.8. The fourth-order valence-corrected chi connectivity index (χ4v) is 1.39. The minimum absolute atomic E-state index is 0.247. The molecule has 68 valence electrons. The molecule has 1 aliphatic rings. The van der Waals surface area contributed by atoms with E-state index in [0.717, 1.165) is 18.7 Å². The molecule has 3 heteroatoms. The quantitative estimate of drug-likeness (QED) is 0.730. The maximum atomic E-state index is 12.8. The van der Waals surface area contributed by atoms with Gasteiger partial charge in [-0.2, -0.15) is 0 Å². The van der Waals surface area contributed by atoms with Gasteiger partial charge < -0.3 is 5.32 Å². The third kappa shape index (κ3) is 1.90. The van der Waals surface area contributed by atoms with Crippen molar-refractivity contribution in [3.63, 3.8) is 0 Å². The summed E-state index contributed by atoms with van der Waals surface area (Å²) in [5.74, 6) is -0.247. The maximum Gasteiger partial charge on any atom is 0.123 e. The molecule has 0 spiro atoms. The molecule has 2 rings (SSSR count). The highest BCUT2D eigenvalue weighted by molar-refractivity contribution is 6.32. The normalized spacial score (nSPS) is 15.4. The van der Waals surface area contributed by atoms with Gasteiger partial charge in [-0.25, -0.2) is 4.39 Å². The monoisotopic (exact) mass is 197 g/mol. The second-order valence-electron chi connectivity index (χ2n) is 3.07. The Bertz CT molecular complexity index is 354. The van der Waals surface area contributed by atoms with Crippen molar-refractivity contribution in [1.82, 2.24) is 5.32 Å². The Kier molecular flexibility index (Phi) is 2.34. The van der Waals surface area contributed by atoms with Crippen LogP contribution in [-0.2, 0) is 0 Å². The number of nitrogens with one attached hydrogen (secondary N) is 1. The van der Waals surface area contributed by atoms with Gasteiger partial charge in [0.15, 0.2) is 0 Å². The molecule has 0 radical (unpaired) electrons. The summed E-state index contributed by atoms with van der Waals surface area (Å²) in [5, 5.41) is 3.71. The van der Waals surface area contributed by atoms with Crippen LogP contribution in [0.2, 0.25) is 5.02 Å². The van der Waals surface area contributed by atoms with Gasteiger partial charge in [-0.1, -0.05) is 17.7 Å². The zero-order valence-electron chi connectivity index (χ0n) is 6.98. The van der Waals surface area contributed by atoms with Gasteiger partial charge in [0.2, 0.25) is 0 Å². The van der Waals surface area contributed by atoms with Crippen LogP contribution in [-0.4, -0.2) is 13.1 Å². The van der Waals surface area contributed by atoms with Gasteiger partial charge in [-0.3, -0.25) is 0 Å². The average molecular weight is 198 g/mol. The number of hydrogen-bond donors (Lipinski definition) is 1. The van der Waals surface area contributed by atoms with Crippen molar-refractivity contribution in [1.29, 1.82) is 0 Å². The molecule has 1 aromatic rings. The second-order valence-corrected chi connectivity index (χ2v) is 3.48. The van der Waals surface area contributed by atoms with Crippen LogP contribution in [0.4, 0.5) is 4.39 Å². The van der Waals surface area contributed by atoms with E-state index in [0.29, 0.717) is 5.02 Å². The topological polar surface area (TPSA) is 12.0 Å². The summed E-state index contributed by atoms with van der Waals surface area (Å²) in [6, 6.07) is 4.40. The standard InChI is InChI=1S/C10H9ClFN/c11-10-2-1-9(12)4-8(10)3-7-5-13-6-7/h1-4,13H,5-6H2. The Hall–Kier alpha value is -0.860.